The van der Waals surface area contributed by atoms with Gasteiger partial charge in [-0.2, -0.15) is 0 Å². The SMILES string of the molecule is Cc1cc(-n2c(C)cc(C=Nc3ccc(Br)cc3)c2C)ccc1I. The first-order valence-corrected chi connectivity index (χ1v) is 9.58. The first-order chi connectivity index (χ1) is 11.5. The summed E-state index contributed by atoms with van der Waals surface area (Å²) in [5, 5.41) is 0. The van der Waals surface area contributed by atoms with Crippen LogP contribution in [0.4, 0.5) is 5.69 Å². The van der Waals surface area contributed by atoms with Crippen LogP contribution in [0.5, 0.6) is 0 Å². The van der Waals surface area contributed by atoms with Crippen LogP contribution in [0.2, 0.25) is 0 Å². The summed E-state index contributed by atoms with van der Waals surface area (Å²) in [6.07, 6.45) is 1.95. The highest BCUT2D eigenvalue weighted by molar-refractivity contribution is 14.1. The molecule has 0 saturated heterocycles. The predicted octanol–water partition coefficient (Wildman–Crippen LogP) is 6.52. The first-order valence-electron chi connectivity index (χ1n) is 7.71. The van der Waals surface area contributed by atoms with Gasteiger partial charge in [-0.25, -0.2) is 0 Å². The summed E-state index contributed by atoms with van der Waals surface area (Å²) in [5.41, 5.74) is 7.01. The van der Waals surface area contributed by atoms with E-state index in [-0.39, 0.29) is 0 Å². The Morgan fingerprint density at radius 1 is 1.00 bits per heavy atom. The molecule has 3 rings (SSSR count). The standard InChI is InChI=1S/C20H18BrIN2/c1-13-10-19(8-9-20(13)22)24-14(2)11-16(15(24)3)12-23-18-6-4-17(21)5-7-18/h4-12H,1-3H3. The predicted molar refractivity (Wildman–Crippen MR) is 114 cm³/mol. The third-order valence-electron chi connectivity index (χ3n) is 4.05. The number of nitrogens with zero attached hydrogens (tertiary/aromatic N) is 2. The van der Waals surface area contributed by atoms with E-state index in [4.69, 9.17) is 0 Å². The molecule has 0 aliphatic heterocycles. The molecule has 0 aliphatic carbocycles. The lowest BCUT2D eigenvalue weighted by Crippen LogP contribution is -2.00. The number of hydrogen-bond donors (Lipinski definition) is 0. The average Bonchev–Trinajstić information content (AvgIpc) is 2.84. The fourth-order valence-corrected chi connectivity index (χ4v) is 3.35. The maximum absolute atomic E-state index is 4.60. The molecule has 2 aromatic carbocycles. The van der Waals surface area contributed by atoms with Gasteiger partial charge in [0.05, 0.1) is 5.69 Å². The second-order valence-corrected chi connectivity index (χ2v) is 7.91. The molecule has 24 heavy (non-hydrogen) atoms. The lowest BCUT2D eigenvalue weighted by molar-refractivity contribution is 0.962. The van der Waals surface area contributed by atoms with E-state index in [2.05, 4.69) is 93.1 Å². The highest BCUT2D eigenvalue weighted by atomic mass is 127. The fourth-order valence-electron chi connectivity index (χ4n) is 2.75. The number of hydrogen-bond acceptors (Lipinski definition) is 1. The summed E-state index contributed by atoms with van der Waals surface area (Å²) in [5.74, 6) is 0. The molecule has 0 bridgehead atoms. The van der Waals surface area contributed by atoms with Gasteiger partial charge < -0.3 is 4.57 Å². The van der Waals surface area contributed by atoms with E-state index in [1.807, 2.05) is 30.5 Å². The van der Waals surface area contributed by atoms with Crippen molar-refractivity contribution in [1.29, 1.82) is 0 Å². The van der Waals surface area contributed by atoms with E-state index >= 15 is 0 Å². The molecule has 3 aromatic rings. The topological polar surface area (TPSA) is 17.3 Å². The van der Waals surface area contributed by atoms with Crippen molar-refractivity contribution < 1.29 is 0 Å². The molecular formula is C20H18BrIN2. The van der Waals surface area contributed by atoms with Gasteiger partial charge in [0.25, 0.3) is 0 Å². The summed E-state index contributed by atoms with van der Waals surface area (Å²) in [4.78, 5) is 4.60. The molecule has 2 nitrogen and oxygen atoms in total. The largest absolute Gasteiger partial charge is 0.318 e. The Balaban J connectivity index is 1.97. The number of aryl methyl sites for hydroxylation is 2. The maximum atomic E-state index is 4.60. The second kappa shape index (κ2) is 7.23. The van der Waals surface area contributed by atoms with Gasteiger partial charge in [-0.1, -0.05) is 15.9 Å². The van der Waals surface area contributed by atoms with Crippen LogP contribution in [-0.2, 0) is 0 Å². The molecule has 1 heterocycles. The monoisotopic (exact) mass is 492 g/mol. The van der Waals surface area contributed by atoms with Crippen molar-refractivity contribution in [2.75, 3.05) is 0 Å². The molecule has 4 heteroatoms. The van der Waals surface area contributed by atoms with E-state index in [9.17, 15) is 0 Å². The Bertz CT molecular complexity index is 908. The van der Waals surface area contributed by atoms with Crippen LogP contribution >= 0.6 is 38.5 Å². The molecule has 0 unspecified atom stereocenters. The van der Waals surface area contributed by atoms with Crippen molar-refractivity contribution in [2.45, 2.75) is 20.8 Å². The molecule has 0 radical (unpaired) electrons. The zero-order valence-electron chi connectivity index (χ0n) is 13.8. The minimum Gasteiger partial charge on any atom is -0.318 e. The molecule has 122 valence electrons. The molecule has 0 N–H and O–H groups in total. The number of benzene rings is 2. The minimum absolute atomic E-state index is 0.952. The van der Waals surface area contributed by atoms with Gasteiger partial charge in [-0.3, -0.25) is 4.99 Å². The Kier molecular flexibility index (Phi) is 5.25. The van der Waals surface area contributed by atoms with Crippen molar-refractivity contribution in [3.8, 4) is 5.69 Å². The number of aromatic nitrogens is 1. The molecule has 0 atom stereocenters. The summed E-state index contributed by atoms with van der Waals surface area (Å²) in [6.45, 7) is 6.43. The van der Waals surface area contributed by atoms with Gasteiger partial charge in [0.15, 0.2) is 0 Å². The highest BCUT2D eigenvalue weighted by Crippen LogP contribution is 2.23. The maximum Gasteiger partial charge on any atom is 0.0630 e. The van der Waals surface area contributed by atoms with E-state index in [0.717, 1.165) is 15.7 Å². The van der Waals surface area contributed by atoms with Crippen molar-refractivity contribution in [2.24, 2.45) is 4.99 Å². The summed E-state index contributed by atoms with van der Waals surface area (Å²) >= 11 is 5.82. The van der Waals surface area contributed by atoms with Crippen LogP contribution in [0.25, 0.3) is 5.69 Å². The Morgan fingerprint density at radius 3 is 2.38 bits per heavy atom. The molecule has 0 fully saturated rings. The lowest BCUT2D eigenvalue weighted by atomic mass is 10.2. The Hall–Kier alpha value is -1.40. The fraction of sp³-hybridized carbons (Fsp3) is 0.150. The zero-order chi connectivity index (χ0) is 17.3. The number of rotatable bonds is 3. The Morgan fingerprint density at radius 2 is 1.71 bits per heavy atom. The molecule has 0 aliphatic rings. The first kappa shape index (κ1) is 17.4. The van der Waals surface area contributed by atoms with Crippen LogP contribution in [0.15, 0.2) is 58.0 Å². The van der Waals surface area contributed by atoms with Crippen LogP contribution < -0.4 is 0 Å². The van der Waals surface area contributed by atoms with E-state index in [1.165, 1.54) is 26.2 Å². The zero-order valence-corrected chi connectivity index (χ0v) is 17.6. The molecule has 0 amide bonds. The van der Waals surface area contributed by atoms with Gasteiger partial charge in [-0.15, -0.1) is 0 Å². The summed E-state index contributed by atoms with van der Waals surface area (Å²) in [7, 11) is 0. The second-order valence-electron chi connectivity index (χ2n) is 5.83. The van der Waals surface area contributed by atoms with Crippen molar-refractivity contribution in [3.63, 3.8) is 0 Å². The van der Waals surface area contributed by atoms with Crippen molar-refractivity contribution in [3.05, 3.63) is 79.1 Å². The third kappa shape index (κ3) is 3.64. The Labute approximate surface area is 164 Å². The van der Waals surface area contributed by atoms with Gasteiger partial charge in [-0.05, 0) is 97.5 Å². The average molecular weight is 493 g/mol. The van der Waals surface area contributed by atoms with Crippen LogP contribution in [0.3, 0.4) is 0 Å². The minimum atomic E-state index is 0.952. The van der Waals surface area contributed by atoms with Crippen LogP contribution in [0, 0.1) is 24.3 Å². The highest BCUT2D eigenvalue weighted by Gasteiger charge is 2.10. The molecule has 0 saturated carbocycles. The number of aliphatic imine (C=N–C) groups is 1. The van der Waals surface area contributed by atoms with Crippen molar-refractivity contribution >= 4 is 50.4 Å². The number of halogens is 2. The third-order valence-corrected chi connectivity index (χ3v) is 5.79. The quantitative estimate of drug-likeness (QED) is 0.292. The van der Waals surface area contributed by atoms with E-state index in [0.29, 0.717) is 0 Å². The van der Waals surface area contributed by atoms with Gasteiger partial charge in [0.1, 0.15) is 0 Å². The van der Waals surface area contributed by atoms with E-state index in [1.54, 1.807) is 0 Å². The van der Waals surface area contributed by atoms with E-state index < -0.39 is 0 Å². The van der Waals surface area contributed by atoms with Gasteiger partial charge >= 0.3 is 0 Å². The van der Waals surface area contributed by atoms with Crippen molar-refractivity contribution in [1.82, 2.24) is 4.57 Å². The molecule has 1 aromatic heterocycles. The summed E-state index contributed by atoms with van der Waals surface area (Å²) in [6, 6.07) is 16.8. The van der Waals surface area contributed by atoms with Gasteiger partial charge in [0.2, 0.25) is 0 Å². The lowest BCUT2D eigenvalue weighted by Gasteiger charge is -2.11. The normalized spacial score (nSPS) is 11.4. The summed E-state index contributed by atoms with van der Waals surface area (Å²) < 4.78 is 4.64. The van der Waals surface area contributed by atoms with Crippen LogP contribution in [-0.4, -0.2) is 10.8 Å². The molecule has 0 spiro atoms. The van der Waals surface area contributed by atoms with Gasteiger partial charge in [0, 0.05) is 36.9 Å². The van der Waals surface area contributed by atoms with Crippen LogP contribution in [0.1, 0.15) is 22.5 Å². The smallest absolute Gasteiger partial charge is 0.0630 e. The molecular weight excluding hydrogens is 475 g/mol.